The van der Waals surface area contributed by atoms with Gasteiger partial charge in [-0.2, -0.15) is 0 Å². The van der Waals surface area contributed by atoms with E-state index in [4.69, 9.17) is 0 Å². The van der Waals surface area contributed by atoms with Crippen molar-refractivity contribution in [2.24, 2.45) is 0 Å². The van der Waals surface area contributed by atoms with Crippen LogP contribution in [0.25, 0.3) is 0 Å². The van der Waals surface area contributed by atoms with Crippen LogP contribution in [0, 0.1) is 11.8 Å². The first-order chi connectivity index (χ1) is 11.2. The van der Waals surface area contributed by atoms with Gasteiger partial charge in [-0.15, -0.1) is 0 Å². The molecule has 1 fully saturated rings. The summed E-state index contributed by atoms with van der Waals surface area (Å²) >= 11 is 0. The molecule has 23 heavy (non-hydrogen) atoms. The summed E-state index contributed by atoms with van der Waals surface area (Å²) in [6.45, 7) is 3.23. The maximum absolute atomic E-state index is 11.9. The molecule has 1 aliphatic rings. The van der Waals surface area contributed by atoms with Gasteiger partial charge in [-0.1, -0.05) is 25.2 Å². The van der Waals surface area contributed by atoms with Crippen LogP contribution in [0.1, 0.15) is 51.0 Å². The first kappa shape index (κ1) is 17.1. The second-order valence-electron chi connectivity index (χ2n) is 5.73. The molecule has 122 valence electrons. The molecule has 2 amide bonds. The molecule has 2 rings (SSSR count). The fourth-order valence-corrected chi connectivity index (χ4v) is 2.52. The van der Waals surface area contributed by atoms with Crippen LogP contribution in [-0.2, 0) is 9.59 Å². The molecule has 1 aliphatic heterocycles. The molecule has 0 saturated carbocycles. The van der Waals surface area contributed by atoms with Gasteiger partial charge in [0.2, 0.25) is 11.8 Å². The van der Waals surface area contributed by atoms with E-state index < -0.39 is 0 Å². The van der Waals surface area contributed by atoms with E-state index in [1.807, 2.05) is 29.2 Å². The van der Waals surface area contributed by atoms with Crippen LogP contribution in [0.5, 0.6) is 0 Å². The van der Waals surface area contributed by atoms with Gasteiger partial charge in [0.05, 0.1) is 6.54 Å². The average Bonchev–Trinajstić information content (AvgIpc) is 2.58. The van der Waals surface area contributed by atoms with Gasteiger partial charge >= 0.3 is 0 Å². The van der Waals surface area contributed by atoms with Gasteiger partial charge in [0.1, 0.15) is 0 Å². The highest BCUT2D eigenvalue weighted by Gasteiger charge is 2.19. The Kier molecular flexibility index (Phi) is 6.68. The van der Waals surface area contributed by atoms with Crippen molar-refractivity contribution in [1.29, 1.82) is 0 Å². The second-order valence-corrected chi connectivity index (χ2v) is 5.73. The number of hydrogen-bond acceptors (Lipinski definition) is 2. The number of unbranched alkanes of at least 4 members (excludes halogenated alkanes) is 1. The van der Waals surface area contributed by atoms with Gasteiger partial charge in [0, 0.05) is 30.6 Å². The Balaban J connectivity index is 1.84. The number of carbonyl (C=O) groups excluding carboxylic acids is 2. The largest absolute Gasteiger partial charge is 0.345 e. The number of nitrogens with one attached hydrogen (secondary N) is 1. The quantitative estimate of drug-likeness (QED) is 0.850. The van der Waals surface area contributed by atoms with Crippen LogP contribution >= 0.6 is 0 Å². The van der Waals surface area contributed by atoms with E-state index in [0.29, 0.717) is 19.4 Å². The van der Waals surface area contributed by atoms with Crippen LogP contribution in [0.15, 0.2) is 24.3 Å². The Morgan fingerprint density at radius 1 is 1.26 bits per heavy atom. The lowest BCUT2D eigenvalue weighted by molar-refractivity contribution is -0.121. The third-order valence-corrected chi connectivity index (χ3v) is 3.87. The minimum atomic E-state index is 0.0557. The normalized spacial score (nSPS) is 14.1. The molecule has 0 atom stereocenters. The number of piperidine rings is 1. The van der Waals surface area contributed by atoms with Gasteiger partial charge in [0.25, 0.3) is 0 Å². The van der Waals surface area contributed by atoms with Crippen LogP contribution in [0.4, 0.5) is 5.69 Å². The number of hydrogen-bond donors (Lipinski definition) is 1. The van der Waals surface area contributed by atoms with Crippen molar-refractivity contribution in [2.75, 3.05) is 18.0 Å². The molecule has 4 heteroatoms. The monoisotopic (exact) mass is 312 g/mol. The number of nitrogens with zero attached hydrogens (tertiary/aromatic N) is 1. The van der Waals surface area contributed by atoms with E-state index >= 15 is 0 Å². The molecule has 1 N–H and O–H groups in total. The first-order valence-electron chi connectivity index (χ1n) is 8.36. The molecule has 1 heterocycles. The Morgan fingerprint density at radius 3 is 2.74 bits per heavy atom. The van der Waals surface area contributed by atoms with Crippen LogP contribution < -0.4 is 10.2 Å². The number of benzene rings is 1. The molecule has 1 aromatic carbocycles. The topological polar surface area (TPSA) is 49.4 Å². The number of rotatable bonds is 5. The van der Waals surface area contributed by atoms with E-state index in [1.165, 1.54) is 0 Å². The Morgan fingerprint density at radius 2 is 2.04 bits per heavy atom. The predicted molar refractivity (Wildman–Crippen MR) is 92.1 cm³/mol. The van der Waals surface area contributed by atoms with E-state index in [0.717, 1.165) is 43.5 Å². The van der Waals surface area contributed by atoms with E-state index in [-0.39, 0.29) is 11.8 Å². The van der Waals surface area contributed by atoms with Gasteiger partial charge in [0.15, 0.2) is 0 Å². The molecule has 0 aromatic heterocycles. The minimum Gasteiger partial charge on any atom is -0.345 e. The summed E-state index contributed by atoms with van der Waals surface area (Å²) in [5.74, 6) is 6.24. The SMILES string of the molecule is CCCCC(=O)NCC#Cc1ccc(N2CCCCC2=O)cc1. The highest BCUT2D eigenvalue weighted by molar-refractivity contribution is 5.94. The predicted octanol–water partition coefficient (Wildman–Crippen LogP) is 2.86. The standard InChI is InChI=1S/C19H24N2O2/c1-2-3-8-18(22)20-14-6-7-16-10-12-17(13-11-16)21-15-5-4-9-19(21)23/h10-13H,2-5,8-9,14-15H2,1H3,(H,20,22). The maximum atomic E-state index is 11.9. The number of amides is 2. The highest BCUT2D eigenvalue weighted by Crippen LogP contribution is 2.20. The molecule has 4 nitrogen and oxygen atoms in total. The van der Waals surface area contributed by atoms with Crippen molar-refractivity contribution in [3.05, 3.63) is 29.8 Å². The van der Waals surface area contributed by atoms with Crippen molar-refractivity contribution in [3.8, 4) is 11.8 Å². The molecule has 0 aliphatic carbocycles. The summed E-state index contributed by atoms with van der Waals surface area (Å²) in [6.07, 6.45) is 5.19. The highest BCUT2D eigenvalue weighted by atomic mass is 16.2. The lowest BCUT2D eigenvalue weighted by Gasteiger charge is -2.26. The van der Waals surface area contributed by atoms with Gasteiger partial charge in [-0.05, 0) is 43.5 Å². The lowest BCUT2D eigenvalue weighted by atomic mass is 10.1. The average molecular weight is 312 g/mol. The molecule has 0 bridgehead atoms. The Bertz CT molecular complexity index is 596. The van der Waals surface area contributed by atoms with Crippen molar-refractivity contribution in [1.82, 2.24) is 5.32 Å². The Hall–Kier alpha value is -2.28. The minimum absolute atomic E-state index is 0.0557. The van der Waals surface area contributed by atoms with Crippen molar-refractivity contribution in [2.45, 2.75) is 45.4 Å². The second kappa shape index (κ2) is 8.99. The van der Waals surface area contributed by atoms with Gasteiger partial charge in [-0.25, -0.2) is 0 Å². The fraction of sp³-hybridized carbons (Fsp3) is 0.474. The summed E-state index contributed by atoms with van der Waals surface area (Å²) in [5.41, 5.74) is 1.83. The molecular formula is C19H24N2O2. The van der Waals surface area contributed by atoms with Gasteiger partial charge < -0.3 is 10.2 Å². The summed E-state index contributed by atoms with van der Waals surface area (Å²) in [6, 6.07) is 7.71. The Labute approximate surface area is 138 Å². The van der Waals surface area contributed by atoms with E-state index in [9.17, 15) is 9.59 Å². The van der Waals surface area contributed by atoms with Gasteiger partial charge in [-0.3, -0.25) is 9.59 Å². The zero-order valence-electron chi connectivity index (χ0n) is 13.7. The number of carbonyl (C=O) groups is 2. The first-order valence-corrected chi connectivity index (χ1v) is 8.36. The van der Waals surface area contributed by atoms with E-state index in [1.54, 1.807) is 0 Å². The molecule has 0 unspecified atom stereocenters. The zero-order valence-corrected chi connectivity index (χ0v) is 13.7. The third-order valence-electron chi connectivity index (χ3n) is 3.87. The lowest BCUT2D eigenvalue weighted by Crippen LogP contribution is -2.35. The summed E-state index contributed by atoms with van der Waals surface area (Å²) in [7, 11) is 0. The third kappa shape index (κ3) is 5.45. The van der Waals surface area contributed by atoms with Crippen LogP contribution in [0.3, 0.4) is 0 Å². The van der Waals surface area contributed by atoms with Crippen LogP contribution in [-0.4, -0.2) is 24.9 Å². The summed E-state index contributed by atoms with van der Waals surface area (Å²) in [5, 5.41) is 2.79. The van der Waals surface area contributed by atoms with Crippen molar-refractivity contribution < 1.29 is 9.59 Å². The molecule has 1 aromatic rings. The summed E-state index contributed by atoms with van der Waals surface area (Å²) < 4.78 is 0. The zero-order chi connectivity index (χ0) is 16.5. The fourth-order valence-electron chi connectivity index (χ4n) is 2.52. The molecule has 0 radical (unpaired) electrons. The number of anilines is 1. The smallest absolute Gasteiger partial charge is 0.226 e. The van der Waals surface area contributed by atoms with Crippen LogP contribution in [0.2, 0.25) is 0 Å². The van der Waals surface area contributed by atoms with Crippen molar-refractivity contribution >= 4 is 17.5 Å². The maximum Gasteiger partial charge on any atom is 0.226 e. The summed E-state index contributed by atoms with van der Waals surface area (Å²) in [4.78, 5) is 25.2. The van der Waals surface area contributed by atoms with E-state index in [2.05, 4.69) is 24.1 Å². The molecule has 0 spiro atoms. The molecule has 1 saturated heterocycles. The molecular weight excluding hydrogens is 288 g/mol. The van der Waals surface area contributed by atoms with Crippen molar-refractivity contribution in [3.63, 3.8) is 0 Å².